The predicted molar refractivity (Wildman–Crippen MR) is 83.1 cm³/mol. The molecule has 0 unspecified atom stereocenters. The molecule has 0 aliphatic rings. The van der Waals surface area contributed by atoms with E-state index in [-0.39, 0.29) is 16.2 Å². The van der Waals surface area contributed by atoms with Crippen LogP contribution in [0.4, 0.5) is 0 Å². The maximum absolute atomic E-state index is 13.0. The van der Waals surface area contributed by atoms with Crippen molar-refractivity contribution < 1.29 is 23.1 Å². The van der Waals surface area contributed by atoms with Gasteiger partial charge < -0.3 is 10.8 Å². The number of carboxylic acids is 1. The number of aryl methyl sites for hydroxylation is 3. The summed E-state index contributed by atoms with van der Waals surface area (Å²) in [6.45, 7) is 4.61. The molecule has 0 saturated heterocycles. The molecule has 122 valence electrons. The molecule has 1 aromatic carbocycles. The number of amides is 1. The summed E-state index contributed by atoms with van der Waals surface area (Å²) in [6.07, 6.45) is 0. The van der Waals surface area contributed by atoms with Crippen molar-refractivity contribution in [2.45, 2.75) is 25.7 Å². The van der Waals surface area contributed by atoms with Gasteiger partial charge in [0.2, 0.25) is 0 Å². The molecule has 3 N–H and O–H groups in total. The highest BCUT2D eigenvalue weighted by atomic mass is 32.2. The van der Waals surface area contributed by atoms with Gasteiger partial charge in [-0.25, -0.2) is 17.2 Å². The van der Waals surface area contributed by atoms with E-state index in [2.05, 4.69) is 0 Å². The van der Waals surface area contributed by atoms with E-state index in [0.29, 0.717) is 15.1 Å². The van der Waals surface area contributed by atoms with Crippen LogP contribution in [0, 0.1) is 20.8 Å². The summed E-state index contributed by atoms with van der Waals surface area (Å²) >= 11 is 0. The molecule has 8 heteroatoms. The van der Waals surface area contributed by atoms with Crippen LogP contribution in [0.15, 0.2) is 29.2 Å². The van der Waals surface area contributed by atoms with E-state index in [0.717, 1.165) is 6.07 Å². The summed E-state index contributed by atoms with van der Waals surface area (Å²) in [5.74, 6) is -2.47. The number of carboxylic acid groups (broad SMARTS) is 1. The second-order valence-electron chi connectivity index (χ2n) is 5.22. The van der Waals surface area contributed by atoms with E-state index in [1.807, 2.05) is 0 Å². The Labute approximate surface area is 133 Å². The number of nitrogens with two attached hydrogens (primary N) is 1. The fourth-order valence-corrected chi connectivity index (χ4v) is 4.58. The third kappa shape index (κ3) is 2.61. The normalized spacial score (nSPS) is 11.4. The van der Waals surface area contributed by atoms with Gasteiger partial charge in [-0.05, 0) is 43.5 Å². The van der Waals surface area contributed by atoms with Gasteiger partial charge in [0.1, 0.15) is 11.4 Å². The van der Waals surface area contributed by atoms with Crippen LogP contribution in [0.3, 0.4) is 0 Å². The minimum absolute atomic E-state index is 0.0411. The van der Waals surface area contributed by atoms with Crippen molar-refractivity contribution in [3.05, 3.63) is 52.3 Å². The molecule has 23 heavy (non-hydrogen) atoms. The monoisotopic (exact) mass is 336 g/mol. The van der Waals surface area contributed by atoms with Gasteiger partial charge in [0.15, 0.2) is 0 Å². The Morgan fingerprint density at radius 3 is 2.04 bits per heavy atom. The quantitative estimate of drug-likeness (QED) is 0.875. The summed E-state index contributed by atoms with van der Waals surface area (Å²) in [7, 11) is -4.30. The van der Waals surface area contributed by atoms with Crippen molar-refractivity contribution in [1.82, 2.24) is 3.97 Å². The molecule has 0 spiro atoms. The molecule has 0 aliphatic carbocycles. The molecule has 1 aromatic heterocycles. The molecule has 7 nitrogen and oxygen atoms in total. The van der Waals surface area contributed by atoms with Gasteiger partial charge in [-0.3, -0.25) is 4.79 Å². The zero-order valence-electron chi connectivity index (χ0n) is 12.8. The average molecular weight is 336 g/mol. The first-order valence-electron chi connectivity index (χ1n) is 6.66. The number of nitrogens with zero attached hydrogens (tertiary/aromatic N) is 1. The topological polar surface area (TPSA) is 119 Å². The highest BCUT2D eigenvalue weighted by Crippen LogP contribution is 2.27. The number of primary amides is 1. The summed E-state index contributed by atoms with van der Waals surface area (Å²) in [5, 5.41) is 9.35. The molecule has 0 bridgehead atoms. The molecule has 0 fully saturated rings. The average Bonchev–Trinajstić information content (AvgIpc) is 2.76. The summed E-state index contributed by atoms with van der Waals surface area (Å²) in [5.41, 5.74) is 5.38. The largest absolute Gasteiger partial charge is 0.477 e. The van der Waals surface area contributed by atoms with Crippen molar-refractivity contribution in [3.8, 4) is 0 Å². The summed E-state index contributed by atoms with van der Waals surface area (Å²) in [4.78, 5) is 23.0. The standard InChI is InChI=1S/C15H16N2O5S/c1-8-5-4-6-9(2)13(8)23(21,22)17-11(14(16)18)7-10(3)12(17)15(19)20/h4-7H,1-3H3,(H2,16,18)(H,19,20). The maximum Gasteiger partial charge on any atom is 0.353 e. The third-order valence-corrected chi connectivity index (χ3v) is 5.53. The highest BCUT2D eigenvalue weighted by Gasteiger charge is 2.32. The first-order chi connectivity index (χ1) is 10.6. The second-order valence-corrected chi connectivity index (χ2v) is 6.94. The van der Waals surface area contributed by atoms with Crippen LogP contribution >= 0.6 is 0 Å². The number of aromatic carboxylic acids is 1. The second kappa shape index (κ2) is 5.54. The Balaban J connectivity index is 2.95. The van der Waals surface area contributed by atoms with Crippen molar-refractivity contribution in [2.24, 2.45) is 5.73 Å². The highest BCUT2D eigenvalue weighted by molar-refractivity contribution is 7.90. The minimum atomic E-state index is -4.30. The van der Waals surface area contributed by atoms with E-state index in [9.17, 15) is 23.1 Å². The van der Waals surface area contributed by atoms with Gasteiger partial charge in [-0.1, -0.05) is 18.2 Å². The molecule has 2 aromatic rings. The van der Waals surface area contributed by atoms with Crippen molar-refractivity contribution in [1.29, 1.82) is 0 Å². The van der Waals surface area contributed by atoms with Crippen LogP contribution in [-0.4, -0.2) is 29.4 Å². The van der Waals surface area contributed by atoms with E-state index in [4.69, 9.17) is 5.73 Å². The molecule has 0 aliphatic heterocycles. The zero-order chi connectivity index (χ0) is 17.5. The van der Waals surface area contributed by atoms with Gasteiger partial charge in [-0.2, -0.15) is 0 Å². The van der Waals surface area contributed by atoms with Gasteiger partial charge in [0.05, 0.1) is 4.90 Å². The van der Waals surface area contributed by atoms with Crippen molar-refractivity contribution in [3.63, 3.8) is 0 Å². The van der Waals surface area contributed by atoms with Gasteiger partial charge in [0.25, 0.3) is 15.9 Å². The van der Waals surface area contributed by atoms with Crippen LogP contribution < -0.4 is 5.73 Å². The fourth-order valence-electron chi connectivity index (χ4n) is 2.59. The molecule has 1 amide bonds. The smallest absolute Gasteiger partial charge is 0.353 e. The number of aromatic nitrogens is 1. The number of carbonyl (C=O) groups excluding carboxylic acids is 1. The van der Waals surface area contributed by atoms with E-state index in [1.165, 1.54) is 6.92 Å². The van der Waals surface area contributed by atoms with Crippen molar-refractivity contribution in [2.75, 3.05) is 0 Å². The van der Waals surface area contributed by atoms with Crippen molar-refractivity contribution >= 4 is 21.9 Å². The number of hydrogen-bond acceptors (Lipinski definition) is 4. The van der Waals surface area contributed by atoms with Crippen LogP contribution in [-0.2, 0) is 10.0 Å². The first-order valence-corrected chi connectivity index (χ1v) is 8.10. The number of rotatable bonds is 4. The van der Waals surface area contributed by atoms with Gasteiger partial charge in [-0.15, -0.1) is 0 Å². The van der Waals surface area contributed by atoms with E-state index in [1.54, 1.807) is 32.0 Å². The van der Waals surface area contributed by atoms with E-state index >= 15 is 0 Å². The molecule has 2 rings (SSSR count). The van der Waals surface area contributed by atoms with Gasteiger partial charge in [0, 0.05) is 0 Å². The third-order valence-electron chi connectivity index (χ3n) is 3.51. The molecule has 0 atom stereocenters. The SMILES string of the molecule is Cc1cccc(C)c1S(=O)(=O)n1c(C(N)=O)cc(C)c1C(=O)O. The minimum Gasteiger partial charge on any atom is -0.477 e. The van der Waals surface area contributed by atoms with Crippen LogP contribution in [0.25, 0.3) is 0 Å². The predicted octanol–water partition coefficient (Wildman–Crippen LogP) is 1.45. The number of hydrogen-bond donors (Lipinski definition) is 2. The Bertz CT molecular complexity index is 905. The Kier molecular flexibility index (Phi) is 4.04. The molecular formula is C15H16N2O5S. The Morgan fingerprint density at radius 1 is 1.09 bits per heavy atom. The van der Waals surface area contributed by atoms with Crippen LogP contribution in [0.1, 0.15) is 37.7 Å². The lowest BCUT2D eigenvalue weighted by Crippen LogP contribution is -2.26. The molecule has 0 saturated carbocycles. The summed E-state index contributed by atoms with van der Waals surface area (Å²) < 4.78 is 26.6. The van der Waals surface area contributed by atoms with Gasteiger partial charge >= 0.3 is 5.97 Å². The number of benzene rings is 1. The Hall–Kier alpha value is -2.61. The fraction of sp³-hybridized carbons (Fsp3) is 0.200. The molecule has 0 radical (unpaired) electrons. The zero-order valence-corrected chi connectivity index (χ0v) is 13.6. The number of carbonyl (C=O) groups is 2. The molecular weight excluding hydrogens is 320 g/mol. The summed E-state index contributed by atoms with van der Waals surface area (Å²) in [6, 6.07) is 6.05. The lowest BCUT2D eigenvalue weighted by Gasteiger charge is -2.15. The van der Waals surface area contributed by atoms with Crippen LogP contribution in [0.2, 0.25) is 0 Å². The molecule has 1 heterocycles. The lowest BCUT2D eigenvalue weighted by atomic mass is 10.2. The van der Waals surface area contributed by atoms with Crippen LogP contribution in [0.5, 0.6) is 0 Å². The Morgan fingerprint density at radius 2 is 1.61 bits per heavy atom. The first kappa shape index (κ1) is 16.8. The van der Waals surface area contributed by atoms with E-state index < -0.39 is 27.6 Å². The maximum atomic E-state index is 13.0. The lowest BCUT2D eigenvalue weighted by molar-refractivity contribution is 0.0688.